The van der Waals surface area contributed by atoms with E-state index in [4.69, 9.17) is 19.5 Å². The average molecular weight is 436 g/mol. The second-order valence-corrected chi connectivity index (χ2v) is 9.81. The summed E-state index contributed by atoms with van der Waals surface area (Å²) in [5, 5.41) is 0.993. The summed E-state index contributed by atoms with van der Waals surface area (Å²) < 4.78 is 29.7. The normalized spacial score (nSPS) is 16.7. The third-order valence-corrected chi connectivity index (χ3v) is 8.24. The van der Waals surface area contributed by atoms with E-state index >= 15 is 0 Å². The Balaban J connectivity index is 1.69. The van der Waals surface area contributed by atoms with Gasteiger partial charge in [-0.1, -0.05) is 6.07 Å². The predicted octanol–water partition coefficient (Wildman–Crippen LogP) is 3.84. The molecule has 1 aromatic carbocycles. The van der Waals surface area contributed by atoms with Gasteiger partial charge in [-0.25, -0.2) is 9.97 Å². The second-order valence-electron chi connectivity index (χ2n) is 7.48. The Morgan fingerprint density at radius 3 is 2.50 bits per heavy atom. The lowest BCUT2D eigenvalue weighted by Crippen LogP contribution is -2.36. The summed E-state index contributed by atoms with van der Waals surface area (Å²) in [5.41, 5.74) is 6.53. The number of hydrogen-bond acceptors (Lipinski definition) is 8. The summed E-state index contributed by atoms with van der Waals surface area (Å²) in [5.74, 6) is 2.10. The Bertz CT molecular complexity index is 863. The number of para-hydroxylation sites is 1. The Morgan fingerprint density at radius 1 is 1.20 bits per heavy atom. The highest BCUT2D eigenvalue weighted by atomic mass is 31.2. The van der Waals surface area contributed by atoms with Crippen LogP contribution in [-0.4, -0.2) is 55.6 Å². The molecule has 0 saturated carbocycles. The van der Waals surface area contributed by atoms with E-state index < -0.39 is 7.60 Å². The number of hydrogen-bond donors (Lipinski definition) is 1. The molecule has 1 fully saturated rings. The first-order chi connectivity index (χ1) is 14.6. The highest BCUT2D eigenvalue weighted by Gasteiger charge is 2.37. The van der Waals surface area contributed by atoms with Gasteiger partial charge < -0.3 is 24.4 Å². The van der Waals surface area contributed by atoms with Gasteiger partial charge in [0.05, 0.1) is 26.0 Å². The second kappa shape index (κ2) is 10.5. The van der Waals surface area contributed by atoms with E-state index in [1.807, 2.05) is 32.0 Å². The number of fused-ring (bicyclic) bond motifs is 1. The average Bonchev–Trinajstić information content (AvgIpc) is 2.77. The van der Waals surface area contributed by atoms with Crippen molar-refractivity contribution in [3.05, 3.63) is 24.5 Å². The van der Waals surface area contributed by atoms with Crippen molar-refractivity contribution in [2.45, 2.75) is 38.8 Å². The molecule has 30 heavy (non-hydrogen) atoms. The molecule has 1 aromatic heterocycles. The zero-order valence-electron chi connectivity index (χ0n) is 18.1. The molecule has 2 aromatic rings. The van der Waals surface area contributed by atoms with Gasteiger partial charge in [0.15, 0.2) is 0 Å². The van der Waals surface area contributed by atoms with Crippen molar-refractivity contribution in [2.24, 2.45) is 11.7 Å². The van der Waals surface area contributed by atoms with Crippen LogP contribution in [0, 0.1) is 5.92 Å². The molecule has 1 aliphatic heterocycles. The number of nitrogens with two attached hydrogens (primary N) is 1. The molecule has 0 radical (unpaired) electrons. The largest absolute Gasteiger partial charge is 0.494 e. The zero-order chi connectivity index (χ0) is 21.6. The van der Waals surface area contributed by atoms with E-state index in [-0.39, 0.29) is 5.66 Å². The highest BCUT2D eigenvalue weighted by molar-refractivity contribution is 7.54. The van der Waals surface area contributed by atoms with Crippen molar-refractivity contribution >= 4 is 24.3 Å². The summed E-state index contributed by atoms with van der Waals surface area (Å²) in [7, 11) is -1.53. The molecule has 1 atom stereocenters. The van der Waals surface area contributed by atoms with Crippen LogP contribution in [-0.2, 0) is 13.6 Å². The Kier molecular flexibility index (Phi) is 8.06. The molecule has 1 unspecified atom stereocenters. The van der Waals surface area contributed by atoms with Gasteiger partial charge in [-0.05, 0) is 51.2 Å². The van der Waals surface area contributed by atoms with Crippen molar-refractivity contribution in [3.8, 4) is 5.75 Å². The number of methoxy groups -OCH3 is 1. The summed E-state index contributed by atoms with van der Waals surface area (Å²) in [6, 6.07) is 5.91. The fraction of sp³-hybridized carbons (Fsp3) is 0.619. The Labute approximate surface area is 178 Å². The number of piperidine rings is 1. The number of rotatable bonds is 10. The van der Waals surface area contributed by atoms with Crippen LogP contribution in [0.25, 0.3) is 10.9 Å². The van der Waals surface area contributed by atoms with Gasteiger partial charge in [-0.3, -0.25) is 4.57 Å². The van der Waals surface area contributed by atoms with E-state index in [1.165, 1.54) is 0 Å². The topological polar surface area (TPSA) is 99.8 Å². The van der Waals surface area contributed by atoms with E-state index in [0.29, 0.717) is 25.7 Å². The molecular weight excluding hydrogens is 403 g/mol. The van der Waals surface area contributed by atoms with Crippen LogP contribution in [0.5, 0.6) is 5.75 Å². The standard InChI is InChI=1S/C21H33N4O4P/c1-4-28-30(26,29-5-2)17(14-22)13-16-9-11-25(12-10-16)21-18-7-6-8-19(27-3)20(18)23-15-24-21/h6-8,15-17H,4-5,9-14,22H2,1-3H3. The molecule has 2 heterocycles. The number of nitrogens with zero attached hydrogens (tertiary/aromatic N) is 3. The quantitative estimate of drug-likeness (QED) is 0.561. The lowest BCUT2D eigenvalue weighted by atomic mass is 9.92. The van der Waals surface area contributed by atoms with Crippen LogP contribution >= 0.6 is 7.60 Å². The van der Waals surface area contributed by atoms with Gasteiger partial charge in [0.1, 0.15) is 23.4 Å². The van der Waals surface area contributed by atoms with Crippen LogP contribution in [0.4, 0.5) is 5.82 Å². The van der Waals surface area contributed by atoms with E-state index in [9.17, 15) is 4.57 Å². The van der Waals surface area contributed by atoms with E-state index in [1.54, 1.807) is 13.4 Å². The number of anilines is 1. The molecule has 1 saturated heterocycles. The maximum atomic E-state index is 13.1. The van der Waals surface area contributed by atoms with Gasteiger partial charge in [-0.15, -0.1) is 0 Å². The molecule has 9 heteroatoms. The molecule has 166 valence electrons. The number of benzene rings is 1. The molecule has 0 aliphatic carbocycles. The van der Waals surface area contributed by atoms with Crippen molar-refractivity contribution in [2.75, 3.05) is 44.9 Å². The monoisotopic (exact) mass is 436 g/mol. The molecule has 1 aliphatic rings. The molecule has 0 spiro atoms. The van der Waals surface area contributed by atoms with Crippen LogP contribution in [0.2, 0.25) is 0 Å². The van der Waals surface area contributed by atoms with Gasteiger partial charge in [0.2, 0.25) is 0 Å². The van der Waals surface area contributed by atoms with Crippen LogP contribution in [0.1, 0.15) is 33.1 Å². The molecule has 8 nitrogen and oxygen atoms in total. The summed E-state index contributed by atoms with van der Waals surface area (Å²) >= 11 is 0. The molecular formula is C21H33N4O4P. The van der Waals surface area contributed by atoms with Crippen molar-refractivity contribution in [1.29, 1.82) is 0 Å². The fourth-order valence-corrected chi connectivity index (χ4v) is 6.22. The lowest BCUT2D eigenvalue weighted by Gasteiger charge is -2.35. The van der Waals surface area contributed by atoms with Gasteiger partial charge in [0.25, 0.3) is 0 Å². The first-order valence-electron chi connectivity index (χ1n) is 10.7. The molecule has 3 rings (SSSR count). The minimum atomic E-state index is -3.18. The maximum absolute atomic E-state index is 13.1. The highest BCUT2D eigenvalue weighted by Crippen LogP contribution is 2.55. The first kappa shape index (κ1) is 22.9. The van der Waals surface area contributed by atoms with E-state index in [2.05, 4.69) is 14.9 Å². The van der Waals surface area contributed by atoms with Crippen molar-refractivity contribution < 1.29 is 18.3 Å². The zero-order valence-corrected chi connectivity index (χ0v) is 19.0. The number of aromatic nitrogens is 2. The Morgan fingerprint density at radius 2 is 1.90 bits per heavy atom. The van der Waals surface area contributed by atoms with Crippen molar-refractivity contribution in [1.82, 2.24) is 9.97 Å². The fourth-order valence-electron chi connectivity index (χ4n) is 4.19. The minimum absolute atomic E-state index is 0.266. The van der Waals surface area contributed by atoms with Gasteiger partial charge in [0, 0.05) is 25.0 Å². The third-order valence-electron chi connectivity index (χ3n) is 5.68. The summed E-state index contributed by atoms with van der Waals surface area (Å²) in [4.78, 5) is 11.2. The smallest absolute Gasteiger partial charge is 0.334 e. The number of ether oxygens (including phenoxy) is 1. The SMILES string of the molecule is CCOP(=O)(OCC)C(CN)CC1CCN(c2ncnc3c(OC)cccc23)CC1. The molecule has 2 N–H and O–H groups in total. The van der Waals surface area contributed by atoms with E-state index in [0.717, 1.165) is 54.8 Å². The molecule has 0 bridgehead atoms. The summed E-state index contributed by atoms with van der Waals surface area (Å²) in [6.45, 7) is 6.43. The van der Waals surface area contributed by atoms with Crippen LogP contribution in [0.15, 0.2) is 24.5 Å². The lowest BCUT2D eigenvalue weighted by molar-refractivity contribution is 0.206. The van der Waals surface area contributed by atoms with Gasteiger partial charge >= 0.3 is 7.60 Å². The van der Waals surface area contributed by atoms with Crippen molar-refractivity contribution in [3.63, 3.8) is 0 Å². The van der Waals surface area contributed by atoms with Gasteiger partial charge in [-0.2, -0.15) is 0 Å². The first-order valence-corrected chi connectivity index (χ1v) is 12.3. The third kappa shape index (κ3) is 4.94. The maximum Gasteiger partial charge on any atom is 0.334 e. The Hall–Kier alpha value is -1.73. The minimum Gasteiger partial charge on any atom is -0.494 e. The van der Waals surface area contributed by atoms with Crippen LogP contribution in [0.3, 0.4) is 0 Å². The molecule has 0 amide bonds. The summed E-state index contributed by atoms with van der Waals surface area (Å²) in [6.07, 6.45) is 4.30. The van der Waals surface area contributed by atoms with Crippen LogP contribution < -0.4 is 15.4 Å². The predicted molar refractivity (Wildman–Crippen MR) is 119 cm³/mol.